The third kappa shape index (κ3) is 8.61. The summed E-state index contributed by atoms with van der Waals surface area (Å²) < 4.78 is 5.33. The normalized spacial score (nSPS) is 12.0. The zero-order chi connectivity index (χ0) is 18.9. The van der Waals surface area contributed by atoms with Crippen LogP contribution in [0.15, 0.2) is 41.4 Å². The van der Waals surface area contributed by atoms with E-state index in [-0.39, 0.29) is 36.6 Å². The molecule has 1 unspecified atom stereocenters. The Hall–Kier alpha value is -1.81. The molecule has 1 heterocycles. The van der Waals surface area contributed by atoms with Gasteiger partial charge in [0.15, 0.2) is 12.6 Å². The Labute approximate surface area is 181 Å². The number of ether oxygens (including phenoxy) is 1. The summed E-state index contributed by atoms with van der Waals surface area (Å²) in [5.41, 5.74) is 6.12. The number of guanidine groups is 1. The number of primary amides is 1. The molecule has 0 aliphatic carbocycles. The third-order valence-electron chi connectivity index (χ3n) is 3.65. The zero-order valence-electron chi connectivity index (χ0n) is 15.8. The van der Waals surface area contributed by atoms with Crippen molar-refractivity contribution in [2.45, 2.75) is 32.9 Å². The van der Waals surface area contributed by atoms with Crippen LogP contribution in [0.25, 0.3) is 0 Å². The van der Waals surface area contributed by atoms with Gasteiger partial charge < -0.3 is 21.1 Å². The van der Waals surface area contributed by atoms with Crippen LogP contribution in [0.4, 0.5) is 0 Å². The molecule has 0 bridgehead atoms. The second-order valence-corrected chi connectivity index (χ2v) is 7.46. The molecule has 1 aromatic heterocycles. The number of amides is 1. The highest BCUT2D eigenvalue weighted by Gasteiger charge is 2.08. The van der Waals surface area contributed by atoms with Crippen molar-refractivity contribution in [2.75, 3.05) is 13.7 Å². The maximum Gasteiger partial charge on any atom is 0.255 e. The van der Waals surface area contributed by atoms with Crippen LogP contribution in [0, 0.1) is 6.92 Å². The second kappa shape index (κ2) is 11.8. The van der Waals surface area contributed by atoms with Gasteiger partial charge in [0.1, 0.15) is 5.75 Å². The monoisotopic (exact) mass is 502 g/mol. The van der Waals surface area contributed by atoms with Crippen LogP contribution < -0.4 is 21.1 Å². The predicted molar refractivity (Wildman–Crippen MR) is 122 cm³/mol. The first-order valence-corrected chi connectivity index (χ1v) is 9.30. The van der Waals surface area contributed by atoms with Gasteiger partial charge in [-0.05, 0) is 43.7 Å². The standard InChI is InChI=1S/C19H26N4O2S.HI/c1-13(9-17-8-7-14(2)26-17)23-19(21-3)22-11-15-5-4-6-16(10-15)25-12-18(20)24;/h4-8,10,13H,9,11-12H2,1-3H3,(H2,20,24)(H2,21,22,23);1H. The number of carbonyl (C=O) groups excluding carboxylic acids is 1. The smallest absolute Gasteiger partial charge is 0.255 e. The lowest BCUT2D eigenvalue weighted by atomic mass is 10.2. The van der Waals surface area contributed by atoms with Crippen LogP contribution in [-0.4, -0.2) is 31.6 Å². The van der Waals surface area contributed by atoms with Crippen molar-refractivity contribution < 1.29 is 9.53 Å². The van der Waals surface area contributed by atoms with Crippen LogP contribution in [0.3, 0.4) is 0 Å². The summed E-state index contributed by atoms with van der Waals surface area (Å²) in [4.78, 5) is 17.8. The number of nitrogens with two attached hydrogens (primary N) is 1. The Morgan fingerprint density at radius 3 is 2.74 bits per heavy atom. The molecule has 148 valence electrons. The predicted octanol–water partition coefficient (Wildman–Crippen LogP) is 2.83. The van der Waals surface area contributed by atoms with Gasteiger partial charge in [-0.25, -0.2) is 0 Å². The molecule has 0 aliphatic rings. The Balaban J connectivity index is 0.00000364. The van der Waals surface area contributed by atoms with E-state index in [1.54, 1.807) is 13.1 Å². The molecule has 0 saturated heterocycles. The molecule has 2 aromatic rings. The maximum absolute atomic E-state index is 10.8. The molecule has 0 fully saturated rings. The van der Waals surface area contributed by atoms with Gasteiger partial charge in [-0.15, -0.1) is 35.3 Å². The maximum atomic E-state index is 10.8. The molecule has 0 spiro atoms. The SMILES string of the molecule is CN=C(NCc1cccc(OCC(N)=O)c1)NC(C)Cc1ccc(C)s1.I. The first kappa shape index (κ1) is 23.2. The summed E-state index contributed by atoms with van der Waals surface area (Å²) >= 11 is 1.82. The van der Waals surface area contributed by atoms with Crippen LogP contribution in [0.2, 0.25) is 0 Å². The first-order chi connectivity index (χ1) is 12.5. The average molecular weight is 502 g/mol. The number of nitrogens with one attached hydrogen (secondary N) is 2. The number of hydrogen-bond acceptors (Lipinski definition) is 4. The minimum absolute atomic E-state index is 0. The molecular formula is C19H27IN4O2S. The molecule has 2 rings (SSSR count). The number of halogens is 1. The lowest BCUT2D eigenvalue weighted by Gasteiger charge is -2.17. The summed E-state index contributed by atoms with van der Waals surface area (Å²) in [6, 6.07) is 12.1. The molecule has 0 saturated carbocycles. The van der Waals surface area contributed by atoms with Gasteiger partial charge in [-0.1, -0.05) is 12.1 Å². The van der Waals surface area contributed by atoms with Gasteiger partial charge in [-0.2, -0.15) is 0 Å². The fraction of sp³-hybridized carbons (Fsp3) is 0.368. The van der Waals surface area contributed by atoms with Crippen LogP contribution in [0.5, 0.6) is 5.75 Å². The number of aliphatic imine (C=N–C) groups is 1. The number of benzene rings is 1. The highest BCUT2D eigenvalue weighted by atomic mass is 127. The topological polar surface area (TPSA) is 88.7 Å². The van der Waals surface area contributed by atoms with E-state index in [4.69, 9.17) is 10.5 Å². The number of thiophene rings is 1. The number of carbonyl (C=O) groups is 1. The van der Waals surface area contributed by atoms with E-state index in [0.29, 0.717) is 12.3 Å². The van der Waals surface area contributed by atoms with Crippen LogP contribution in [0.1, 0.15) is 22.2 Å². The van der Waals surface area contributed by atoms with E-state index < -0.39 is 5.91 Å². The van der Waals surface area contributed by atoms with Gasteiger partial charge in [0, 0.05) is 35.8 Å². The third-order valence-corrected chi connectivity index (χ3v) is 4.67. The van der Waals surface area contributed by atoms with Gasteiger partial charge >= 0.3 is 0 Å². The van der Waals surface area contributed by atoms with Gasteiger partial charge in [0.2, 0.25) is 0 Å². The lowest BCUT2D eigenvalue weighted by Crippen LogP contribution is -2.42. The second-order valence-electron chi connectivity index (χ2n) is 6.09. The van der Waals surface area contributed by atoms with E-state index >= 15 is 0 Å². The minimum Gasteiger partial charge on any atom is -0.484 e. The van der Waals surface area contributed by atoms with E-state index in [2.05, 4.69) is 41.6 Å². The largest absolute Gasteiger partial charge is 0.484 e. The van der Waals surface area contributed by atoms with Crippen LogP contribution >= 0.6 is 35.3 Å². The minimum atomic E-state index is -0.493. The molecule has 8 heteroatoms. The van der Waals surface area contributed by atoms with Crippen molar-refractivity contribution in [2.24, 2.45) is 10.7 Å². The summed E-state index contributed by atoms with van der Waals surface area (Å²) in [7, 11) is 1.75. The number of hydrogen-bond donors (Lipinski definition) is 3. The summed E-state index contributed by atoms with van der Waals surface area (Å²) in [6.07, 6.45) is 0.954. The molecule has 0 radical (unpaired) electrons. The fourth-order valence-corrected chi connectivity index (χ4v) is 3.48. The zero-order valence-corrected chi connectivity index (χ0v) is 19.0. The number of aryl methyl sites for hydroxylation is 1. The highest BCUT2D eigenvalue weighted by Crippen LogP contribution is 2.16. The quantitative estimate of drug-likeness (QED) is 0.294. The Morgan fingerprint density at radius 2 is 2.11 bits per heavy atom. The van der Waals surface area contributed by atoms with E-state index in [1.165, 1.54) is 9.75 Å². The molecule has 0 aliphatic heterocycles. The Bertz CT molecular complexity index is 764. The van der Waals surface area contributed by atoms with Crippen molar-refractivity contribution >= 4 is 47.2 Å². The molecule has 27 heavy (non-hydrogen) atoms. The van der Waals surface area contributed by atoms with E-state index in [9.17, 15) is 4.79 Å². The van der Waals surface area contributed by atoms with Crippen molar-refractivity contribution in [3.8, 4) is 5.75 Å². The van der Waals surface area contributed by atoms with Gasteiger partial charge in [0.05, 0.1) is 0 Å². The van der Waals surface area contributed by atoms with Crippen LogP contribution in [-0.2, 0) is 17.8 Å². The van der Waals surface area contributed by atoms with Gasteiger partial charge in [0.25, 0.3) is 5.91 Å². The lowest BCUT2D eigenvalue weighted by molar-refractivity contribution is -0.119. The van der Waals surface area contributed by atoms with E-state index in [1.807, 2.05) is 29.5 Å². The molecule has 4 N–H and O–H groups in total. The molecule has 1 atom stereocenters. The summed E-state index contributed by atoms with van der Waals surface area (Å²) in [5, 5.41) is 6.70. The van der Waals surface area contributed by atoms with Crippen molar-refractivity contribution in [1.82, 2.24) is 10.6 Å². The fourth-order valence-electron chi connectivity index (χ4n) is 2.46. The summed E-state index contributed by atoms with van der Waals surface area (Å²) in [5.74, 6) is 0.870. The average Bonchev–Trinajstić information content (AvgIpc) is 3.01. The summed E-state index contributed by atoms with van der Waals surface area (Å²) in [6.45, 7) is 4.73. The highest BCUT2D eigenvalue weighted by molar-refractivity contribution is 14.0. The van der Waals surface area contributed by atoms with Crippen molar-refractivity contribution in [3.05, 3.63) is 51.7 Å². The Morgan fingerprint density at radius 1 is 1.33 bits per heavy atom. The molecule has 1 aromatic carbocycles. The number of nitrogens with zero attached hydrogens (tertiary/aromatic N) is 1. The van der Waals surface area contributed by atoms with Crippen molar-refractivity contribution in [3.63, 3.8) is 0 Å². The first-order valence-electron chi connectivity index (χ1n) is 8.49. The number of rotatable bonds is 8. The molecular weight excluding hydrogens is 475 g/mol. The van der Waals surface area contributed by atoms with Gasteiger partial charge in [-0.3, -0.25) is 9.79 Å². The van der Waals surface area contributed by atoms with E-state index in [0.717, 1.165) is 17.9 Å². The van der Waals surface area contributed by atoms with Crippen molar-refractivity contribution in [1.29, 1.82) is 0 Å². The molecule has 6 nitrogen and oxygen atoms in total. The Kier molecular flexibility index (Phi) is 10.2. The molecule has 1 amide bonds.